The molecule has 0 amide bonds. The molecule has 0 radical (unpaired) electrons. The second-order valence-corrected chi connectivity index (χ2v) is 4.26. The van der Waals surface area contributed by atoms with Gasteiger partial charge in [0.25, 0.3) is 0 Å². The van der Waals surface area contributed by atoms with Gasteiger partial charge in [0, 0.05) is 12.6 Å². The van der Waals surface area contributed by atoms with E-state index in [1.807, 2.05) is 6.92 Å². The highest BCUT2D eigenvalue weighted by Gasteiger charge is 2.16. The first-order valence-electron chi connectivity index (χ1n) is 5.94. The van der Waals surface area contributed by atoms with Crippen LogP contribution in [0, 0.1) is 6.92 Å². The highest BCUT2D eigenvalue weighted by molar-refractivity contribution is 5.50. The van der Waals surface area contributed by atoms with E-state index < -0.39 is 0 Å². The SMILES string of the molecule is COc1ncnc(N(CCCN)C(C)C)c1C. The van der Waals surface area contributed by atoms with Crippen molar-refractivity contribution in [3.8, 4) is 5.88 Å². The monoisotopic (exact) mass is 238 g/mol. The number of aromatic nitrogens is 2. The average molecular weight is 238 g/mol. The van der Waals surface area contributed by atoms with E-state index in [-0.39, 0.29) is 0 Å². The molecule has 0 saturated heterocycles. The van der Waals surface area contributed by atoms with E-state index in [2.05, 4.69) is 28.7 Å². The predicted octanol–water partition coefficient (Wildman–Crippen LogP) is 1.36. The molecule has 0 fully saturated rings. The lowest BCUT2D eigenvalue weighted by atomic mass is 10.2. The number of rotatable bonds is 6. The van der Waals surface area contributed by atoms with Gasteiger partial charge in [-0.05, 0) is 33.7 Å². The smallest absolute Gasteiger partial charge is 0.221 e. The van der Waals surface area contributed by atoms with Gasteiger partial charge >= 0.3 is 0 Å². The lowest BCUT2D eigenvalue weighted by Crippen LogP contribution is -2.34. The molecule has 1 heterocycles. The first-order valence-corrected chi connectivity index (χ1v) is 5.94. The molecule has 1 aromatic heterocycles. The molecule has 0 bridgehead atoms. The van der Waals surface area contributed by atoms with Crippen molar-refractivity contribution in [2.24, 2.45) is 5.73 Å². The van der Waals surface area contributed by atoms with E-state index >= 15 is 0 Å². The number of nitrogens with zero attached hydrogens (tertiary/aromatic N) is 3. The van der Waals surface area contributed by atoms with Crippen LogP contribution in [0.15, 0.2) is 6.33 Å². The molecule has 1 rings (SSSR count). The molecule has 0 atom stereocenters. The normalized spacial score (nSPS) is 10.7. The van der Waals surface area contributed by atoms with Gasteiger partial charge in [0.2, 0.25) is 5.88 Å². The van der Waals surface area contributed by atoms with Crippen LogP contribution in [0.25, 0.3) is 0 Å². The Balaban J connectivity index is 3.01. The molecule has 0 aliphatic carbocycles. The van der Waals surface area contributed by atoms with Crippen LogP contribution in [0.4, 0.5) is 5.82 Å². The molecular weight excluding hydrogens is 216 g/mol. The van der Waals surface area contributed by atoms with Gasteiger partial charge in [-0.2, -0.15) is 0 Å². The summed E-state index contributed by atoms with van der Waals surface area (Å²) in [6, 6.07) is 0.375. The molecule has 0 unspecified atom stereocenters. The Morgan fingerprint density at radius 3 is 2.65 bits per heavy atom. The van der Waals surface area contributed by atoms with Crippen molar-refractivity contribution >= 4 is 5.82 Å². The third-order valence-corrected chi connectivity index (χ3v) is 2.70. The Labute approximate surface area is 103 Å². The maximum atomic E-state index is 5.57. The summed E-state index contributed by atoms with van der Waals surface area (Å²) in [6.45, 7) is 7.85. The fraction of sp³-hybridized carbons (Fsp3) is 0.667. The van der Waals surface area contributed by atoms with E-state index in [0.717, 1.165) is 24.3 Å². The summed E-state index contributed by atoms with van der Waals surface area (Å²) in [5, 5.41) is 0. The Hall–Kier alpha value is -1.36. The maximum absolute atomic E-state index is 5.57. The zero-order valence-corrected chi connectivity index (χ0v) is 11.1. The van der Waals surface area contributed by atoms with Crippen molar-refractivity contribution in [1.82, 2.24) is 9.97 Å². The molecule has 96 valence electrons. The Morgan fingerprint density at radius 2 is 2.12 bits per heavy atom. The second-order valence-electron chi connectivity index (χ2n) is 4.26. The number of anilines is 1. The molecule has 0 saturated carbocycles. The van der Waals surface area contributed by atoms with Crippen molar-refractivity contribution in [2.45, 2.75) is 33.2 Å². The van der Waals surface area contributed by atoms with Crippen LogP contribution >= 0.6 is 0 Å². The highest BCUT2D eigenvalue weighted by atomic mass is 16.5. The molecule has 17 heavy (non-hydrogen) atoms. The van der Waals surface area contributed by atoms with Gasteiger partial charge in [-0.25, -0.2) is 9.97 Å². The Kier molecular flexibility index (Phi) is 5.15. The molecule has 0 aromatic carbocycles. The highest BCUT2D eigenvalue weighted by Crippen LogP contribution is 2.25. The third-order valence-electron chi connectivity index (χ3n) is 2.70. The fourth-order valence-electron chi connectivity index (χ4n) is 1.79. The third kappa shape index (κ3) is 3.30. The van der Waals surface area contributed by atoms with E-state index in [9.17, 15) is 0 Å². The molecule has 0 aliphatic heterocycles. The summed E-state index contributed by atoms with van der Waals surface area (Å²) in [7, 11) is 1.62. The summed E-state index contributed by atoms with van der Waals surface area (Å²) in [6.07, 6.45) is 2.49. The van der Waals surface area contributed by atoms with Gasteiger partial charge in [0.05, 0.1) is 12.7 Å². The van der Waals surface area contributed by atoms with Crippen LogP contribution < -0.4 is 15.4 Å². The number of nitrogens with two attached hydrogens (primary N) is 1. The topological polar surface area (TPSA) is 64.3 Å². The lowest BCUT2D eigenvalue weighted by Gasteiger charge is -2.29. The molecule has 5 heteroatoms. The van der Waals surface area contributed by atoms with Crippen LogP contribution in [0.5, 0.6) is 5.88 Å². The van der Waals surface area contributed by atoms with Gasteiger partial charge in [0.1, 0.15) is 12.1 Å². The van der Waals surface area contributed by atoms with Gasteiger partial charge in [0.15, 0.2) is 0 Å². The van der Waals surface area contributed by atoms with Gasteiger partial charge in [-0.15, -0.1) is 0 Å². The zero-order valence-electron chi connectivity index (χ0n) is 11.1. The second kappa shape index (κ2) is 6.39. The molecule has 5 nitrogen and oxygen atoms in total. The molecule has 0 spiro atoms. The molecule has 2 N–H and O–H groups in total. The summed E-state index contributed by atoms with van der Waals surface area (Å²) in [4.78, 5) is 10.7. The van der Waals surface area contributed by atoms with Crippen LogP contribution in [-0.4, -0.2) is 36.2 Å². The quantitative estimate of drug-likeness (QED) is 0.810. The lowest BCUT2D eigenvalue weighted by molar-refractivity contribution is 0.393. The number of hydrogen-bond donors (Lipinski definition) is 1. The molecule has 1 aromatic rings. The zero-order chi connectivity index (χ0) is 12.8. The minimum Gasteiger partial charge on any atom is -0.481 e. The number of ether oxygens (including phenoxy) is 1. The summed E-state index contributed by atoms with van der Waals surface area (Å²) in [5.41, 5.74) is 6.54. The van der Waals surface area contributed by atoms with Crippen molar-refractivity contribution in [2.75, 3.05) is 25.1 Å². The summed E-state index contributed by atoms with van der Waals surface area (Å²) < 4.78 is 5.22. The minimum absolute atomic E-state index is 0.375. The minimum atomic E-state index is 0.375. The van der Waals surface area contributed by atoms with Crippen LogP contribution in [0.3, 0.4) is 0 Å². The van der Waals surface area contributed by atoms with Gasteiger partial charge in [-0.3, -0.25) is 0 Å². The van der Waals surface area contributed by atoms with E-state index in [0.29, 0.717) is 18.5 Å². The van der Waals surface area contributed by atoms with Crippen LogP contribution in [0.1, 0.15) is 25.8 Å². The van der Waals surface area contributed by atoms with Gasteiger partial charge < -0.3 is 15.4 Å². The summed E-state index contributed by atoms with van der Waals surface area (Å²) in [5.74, 6) is 1.56. The fourth-order valence-corrected chi connectivity index (χ4v) is 1.79. The predicted molar refractivity (Wildman–Crippen MR) is 69.5 cm³/mol. The van der Waals surface area contributed by atoms with Crippen molar-refractivity contribution < 1.29 is 4.74 Å². The van der Waals surface area contributed by atoms with E-state index in [1.165, 1.54) is 0 Å². The average Bonchev–Trinajstić information content (AvgIpc) is 2.31. The van der Waals surface area contributed by atoms with E-state index in [1.54, 1.807) is 13.4 Å². The van der Waals surface area contributed by atoms with Crippen molar-refractivity contribution in [3.05, 3.63) is 11.9 Å². The number of hydrogen-bond acceptors (Lipinski definition) is 5. The van der Waals surface area contributed by atoms with Crippen LogP contribution in [0.2, 0.25) is 0 Å². The maximum Gasteiger partial charge on any atom is 0.221 e. The Morgan fingerprint density at radius 1 is 1.41 bits per heavy atom. The standard InChI is InChI=1S/C12H22N4O/c1-9(2)16(7-5-6-13)11-10(3)12(17-4)15-8-14-11/h8-9H,5-7,13H2,1-4H3. The van der Waals surface area contributed by atoms with Crippen molar-refractivity contribution in [3.63, 3.8) is 0 Å². The molecular formula is C12H22N4O. The van der Waals surface area contributed by atoms with Crippen LogP contribution in [-0.2, 0) is 0 Å². The van der Waals surface area contributed by atoms with Crippen molar-refractivity contribution in [1.29, 1.82) is 0 Å². The number of methoxy groups -OCH3 is 1. The molecule has 0 aliphatic rings. The first kappa shape index (κ1) is 13.7. The van der Waals surface area contributed by atoms with Gasteiger partial charge in [-0.1, -0.05) is 0 Å². The van der Waals surface area contributed by atoms with E-state index in [4.69, 9.17) is 10.5 Å². The first-order chi connectivity index (χ1) is 8.11. The largest absolute Gasteiger partial charge is 0.481 e. The Bertz CT molecular complexity index is 354. The summed E-state index contributed by atoms with van der Waals surface area (Å²) >= 11 is 0.